The Morgan fingerprint density at radius 2 is 1.85 bits per heavy atom. The molecule has 2 aromatic rings. The van der Waals surface area contributed by atoms with Crippen LogP contribution in [0.3, 0.4) is 0 Å². The number of hydrogen-bond donors (Lipinski definition) is 1. The number of ether oxygens (including phenoxy) is 2. The Balaban J connectivity index is 1.74. The predicted octanol–water partition coefficient (Wildman–Crippen LogP) is 1.92. The molecule has 1 aliphatic rings. The zero-order valence-electron chi connectivity index (χ0n) is 14.8. The molecule has 0 spiro atoms. The highest BCUT2D eigenvalue weighted by atomic mass is 32.2. The zero-order valence-corrected chi connectivity index (χ0v) is 16.4. The monoisotopic (exact) mass is 399 g/mol. The standard InChI is InChI=1S/C16H21N3O5S2/c1-23-11-4-5-12(24-2)14-13(11)17-16(25-14)18-15(20)10-6-8-19(9-7-10)26(3,21)22/h4-5,10H,6-9H2,1-3H3,(H,17,18,20). The van der Waals surface area contributed by atoms with Gasteiger partial charge in [-0.3, -0.25) is 4.79 Å². The van der Waals surface area contributed by atoms with E-state index in [-0.39, 0.29) is 11.8 Å². The quantitative estimate of drug-likeness (QED) is 0.825. The molecule has 0 atom stereocenters. The van der Waals surface area contributed by atoms with Gasteiger partial charge in [-0.05, 0) is 25.0 Å². The molecule has 0 aliphatic carbocycles. The third kappa shape index (κ3) is 3.76. The van der Waals surface area contributed by atoms with Crippen LogP contribution in [0.15, 0.2) is 12.1 Å². The van der Waals surface area contributed by atoms with E-state index in [1.807, 2.05) is 0 Å². The van der Waals surface area contributed by atoms with E-state index in [2.05, 4.69) is 10.3 Å². The second-order valence-corrected chi connectivity index (χ2v) is 9.07. The van der Waals surface area contributed by atoms with Crippen molar-refractivity contribution in [3.63, 3.8) is 0 Å². The molecule has 0 bridgehead atoms. The normalized spacial score (nSPS) is 16.6. The van der Waals surface area contributed by atoms with Gasteiger partial charge in [0.15, 0.2) is 5.13 Å². The molecule has 0 radical (unpaired) electrons. The molecular formula is C16H21N3O5S2. The lowest BCUT2D eigenvalue weighted by atomic mass is 9.97. The van der Waals surface area contributed by atoms with E-state index in [4.69, 9.17) is 9.47 Å². The number of amides is 1. The highest BCUT2D eigenvalue weighted by Gasteiger charge is 2.29. The summed E-state index contributed by atoms with van der Waals surface area (Å²) in [7, 11) is -0.0610. The first kappa shape index (κ1) is 18.9. The molecule has 1 N–H and O–H groups in total. The maximum atomic E-state index is 12.5. The van der Waals surface area contributed by atoms with Gasteiger partial charge in [-0.1, -0.05) is 11.3 Å². The van der Waals surface area contributed by atoms with Crippen molar-refractivity contribution < 1.29 is 22.7 Å². The molecular weight excluding hydrogens is 378 g/mol. The first-order valence-electron chi connectivity index (χ1n) is 8.11. The van der Waals surface area contributed by atoms with Crippen LogP contribution in [0.5, 0.6) is 11.5 Å². The topological polar surface area (TPSA) is 97.8 Å². The van der Waals surface area contributed by atoms with Gasteiger partial charge < -0.3 is 14.8 Å². The van der Waals surface area contributed by atoms with Crippen molar-refractivity contribution in [1.82, 2.24) is 9.29 Å². The van der Waals surface area contributed by atoms with Crippen LogP contribution in [0.2, 0.25) is 0 Å². The Bertz CT molecular complexity index is 876. The van der Waals surface area contributed by atoms with Gasteiger partial charge in [-0.25, -0.2) is 17.7 Å². The smallest absolute Gasteiger partial charge is 0.229 e. The molecule has 1 amide bonds. The lowest BCUT2D eigenvalue weighted by Crippen LogP contribution is -2.40. The summed E-state index contributed by atoms with van der Waals surface area (Å²) in [6.07, 6.45) is 2.18. The van der Waals surface area contributed by atoms with Crippen molar-refractivity contribution in [2.24, 2.45) is 5.92 Å². The van der Waals surface area contributed by atoms with Gasteiger partial charge in [0.05, 0.1) is 20.5 Å². The lowest BCUT2D eigenvalue weighted by molar-refractivity contribution is -0.120. The van der Waals surface area contributed by atoms with Crippen molar-refractivity contribution >= 4 is 42.6 Å². The molecule has 0 unspecified atom stereocenters. The molecule has 142 valence electrons. The number of anilines is 1. The first-order valence-corrected chi connectivity index (χ1v) is 10.8. The lowest BCUT2D eigenvalue weighted by Gasteiger charge is -2.29. The van der Waals surface area contributed by atoms with E-state index in [1.54, 1.807) is 26.4 Å². The van der Waals surface area contributed by atoms with Gasteiger partial charge in [0.2, 0.25) is 15.9 Å². The maximum Gasteiger partial charge on any atom is 0.229 e. The minimum Gasteiger partial charge on any atom is -0.495 e. The highest BCUT2D eigenvalue weighted by molar-refractivity contribution is 7.88. The third-order valence-corrected chi connectivity index (χ3v) is 6.72. The van der Waals surface area contributed by atoms with E-state index in [1.165, 1.54) is 21.9 Å². The van der Waals surface area contributed by atoms with Gasteiger partial charge in [-0.15, -0.1) is 0 Å². The van der Waals surface area contributed by atoms with Crippen LogP contribution in [0.1, 0.15) is 12.8 Å². The second-order valence-electron chi connectivity index (χ2n) is 6.09. The van der Waals surface area contributed by atoms with Crippen molar-refractivity contribution in [2.75, 3.05) is 38.9 Å². The molecule has 1 aliphatic heterocycles. The molecule has 1 saturated heterocycles. The van der Waals surface area contributed by atoms with Crippen LogP contribution in [-0.2, 0) is 14.8 Å². The van der Waals surface area contributed by atoms with Crippen LogP contribution in [0, 0.1) is 5.92 Å². The van der Waals surface area contributed by atoms with E-state index in [0.717, 1.165) is 4.70 Å². The summed E-state index contributed by atoms with van der Waals surface area (Å²) in [6, 6.07) is 3.57. The summed E-state index contributed by atoms with van der Waals surface area (Å²) < 4.78 is 36.0. The van der Waals surface area contributed by atoms with Crippen LogP contribution in [-0.4, -0.2) is 57.2 Å². The molecule has 3 rings (SSSR count). The van der Waals surface area contributed by atoms with Crippen molar-refractivity contribution in [3.05, 3.63) is 12.1 Å². The number of thiazole rings is 1. The second kappa shape index (κ2) is 7.37. The van der Waals surface area contributed by atoms with Crippen LogP contribution in [0.4, 0.5) is 5.13 Å². The number of benzene rings is 1. The summed E-state index contributed by atoms with van der Waals surface area (Å²) >= 11 is 1.32. The molecule has 26 heavy (non-hydrogen) atoms. The minimum absolute atomic E-state index is 0.143. The fourth-order valence-corrected chi connectivity index (χ4v) is 4.85. The number of fused-ring (bicyclic) bond motifs is 1. The highest BCUT2D eigenvalue weighted by Crippen LogP contribution is 2.39. The number of piperidine rings is 1. The predicted molar refractivity (Wildman–Crippen MR) is 100 cm³/mol. The van der Waals surface area contributed by atoms with E-state index >= 15 is 0 Å². The van der Waals surface area contributed by atoms with Crippen molar-refractivity contribution in [3.8, 4) is 11.5 Å². The van der Waals surface area contributed by atoms with E-state index in [9.17, 15) is 13.2 Å². The van der Waals surface area contributed by atoms with Crippen molar-refractivity contribution in [1.29, 1.82) is 0 Å². The molecule has 10 heteroatoms. The first-order chi connectivity index (χ1) is 12.3. The number of carbonyl (C=O) groups is 1. The molecule has 1 fully saturated rings. The van der Waals surface area contributed by atoms with Gasteiger partial charge in [0, 0.05) is 19.0 Å². The summed E-state index contributed by atoms with van der Waals surface area (Å²) in [5, 5.41) is 3.32. The van der Waals surface area contributed by atoms with Crippen LogP contribution < -0.4 is 14.8 Å². The molecule has 8 nitrogen and oxygen atoms in total. The zero-order chi connectivity index (χ0) is 18.9. The maximum absolute atomic E-state index is 12.5. The Kier molecular flexibility index (Phi) is 5.35. The fourth-order valence-electron chi connectivity index (χ4n) is 3.00. The third-order valence-electron chi connectivity index (χ3n) is 4.43. The summed E-state index contributed by atoms with van der Waals surface area (Å²) in [5.41, 5.74) is 0.638. The number of sulfonamides is 1. The van der Waals surface area contributed by atoms with E-state index < -0.39 is 10.0 Å². The number of hydrogen-bond acceptors (Lipinski definition) is 7. The summed E-state index contributed by atoms with van der Waals surface area (Å²) in [5.74, 6) is 0.901. The number of aromatic nitrogens is 1. The van der Waals surface area contributed by atoms with Gasteiger partial charge >= 0.3 is 0 Å². The van der Waals surface area contributed by atoms with Crippen molar-refractivity contribution in [2.45, 2.75) is 12.8 Å². The molecule has 1 aromatic carbocycles. The summed E-state index contributed by atoms with van der Waals surface area (Å²) in [6.45, 7) is 0.719. The largest absolute Gasteiger partial charge is 0.495 e. The summed E-state index contributed by atoms with van der Waals surface area (Å²) in [4.78, 5) is 17.0. The van der Waals surface area contributed by atoms with Crippen LogP contribution >= 0.6 is 11.3 Å². The van der Waals surface area contributed by atoms with Gasteiger partial charge in [0.1, 0.15) is 21.7 Å². The molecule has 0 saturated carbocycles. The Morgan fingerprint density at radius 1 is 1.23 bits per heavy atom. The number of methoxy groups -OCH3 is 2. The fraction of sp³-hybridized carbons (Fsp3) is 0.500. The molecule has 2 heterocycles. The van der Waals surface area contributed by atoms with Crippen LogP contribution in [0.25, 0.3) is 10.2 Å². The number of rotatable bonds is 5. The van der Waals surface area contributed by atoms with Gasteiger partial charge in [0.25, 0.3) is 0 Å². The number of nitrogens with zero attached hydrogens (tertiary/aromatic N) is 2. The Labute approximate surface area is 156 Å². The minimum atomic E-state index is -3.20. The average molecular weight is 399 g/mol. The van der Waals surface area contributed by atoms with Gasteiger partial charge in [-0.2, -0.15) is 0 Å². The van der Waals surface area contributed by atoms with E-state index in [0.29, 0.717) is 48.1 Å². The SMILES string of the molecule is COc1ccc(OC)c2sc(NC(=O)C3CCN(S(C)(=O)=O)CC3)nc12. The Hall–Kier alpha value is -1.91. The number of carbonyl (C=O) groups excluding carboxylic acids is 1. The number of nitrogens with one attached hydrogen (secondary N) is 1. The average Bonchev–Trinajstić information content (AvgIpc) is 3.03. The Morgan fingerprint density at radius 3 is 2.42 bits per heavy atom. The molecule has 1 aromatic heterocycles.